The zero-order valence-corrected chi connectivity index (χ0v) is 11.4. The van der Waals surface area contributed by atoms with E-state index in [4.69, 9.17) is 11.1 Å². The summed E-state index contributed by atoms with van der Waals surface area (Å²) in [5.74, 6) is 0.119. The lowest BCUT2D eigenvalue weighted by Gasteiger charge is -2.21. The predicted molar refractivity (Wildman–Crippen MR) is 80.7 cm³/mol. The Morgan fingerprint density at radius 3 is 2.58 bits per heavy atom. The second-order valence-corrected chi connectivity index (χ2v) is 4.77. The molecule has 0 aliphatic rings. The molecule has 0 saturated heterocycles. The van der Waals surface area contributed by atoms with Gasteiger partial charge in [0, 0.05) is 24.8 Å². The highest BCUT2D eigenvalue weighted by Gasteiger charge is 2.08. The molecule has 0 fully saturated rings. The smallest absolute Gasteiger partial charge is 0.123 e. The minimum absolute atomic E-state index is 0.119. The van der Waals surface area contributed by atoms with Crippen molar-refractivity contribution in [1.29, 1.82) is 5.41 Å². The number of rotatable bonds is 4. The number of amidine groups is 1. The van der Waals surface area contributed by atoms with Gasteiger partial charge in [-0.1, -0.05) is 36.4 Å². The minimum Gasteiger partial charge on any atom is -0.384 e. The molecule has 3 nitrogen and oxygen atoms in total. The van der Waals surface area contributed by atoms with Crippen LogP contribution in [0.25, 0.3) is 0 Å². The number of nitrogens with two attached hydrogens (primary N) is 1. The molecule has 3 N–H and O–H groups in total. The van der Waals surface area contributed by atoms with Gasteiger partial charge in [0.15, 0.2) is 0 Å². The summed E-state index contributed by atoms with van der Waals surface area (Å²) in [6.07, 6.45) is 0. The number of nitrogens with zero attached hydrogens (tertiary/aromatic N) is 1. The third-order valence-corrected chi connectivity index (χ3v) is 3.16. The summed E-state index contributed by atoms with van der Waals surface area (Å²) in [4.78, 5) is 2.16. The normalized spacial score (nSPS) is 10.2. The van der Waals surface area contributed by atoms with Gasteiger partial charge in [0.05, 0.1) is 0 Å². The molecule has 0 heterocycles. The number of hydrogen-bond acceptors (Lipinski definition) is 2. The molecule has 0 amide bonds. The topological polar surface area (TPSA) is 53.1 Å². The Balaban J connectivity index is 2.24. The van der Waals surface area contributed by atoms with Gasteiger partial charge < -0.3 is 10.6 Å². The fourth-order valence-electron chi connectivity index (χ4n) is 2.13. The number of aryl methyl sites for hydroxylation is 1. The van der Waals surface area contributed by atoms with Crippen molar-refractivity contribution in [3.63, 3.8) is 0 Å². The first kappa shape index (κ1) is 13.1. The Morgan fingerprint density at radius 2 is 1.89 bits per heavy atom. The molecule has 0 aliphatic carbocycles. The van der Waals surface area contributed by atoms with E-state index in [2.05, 4.69) is 36.1 Å². The molecule has 0 saturated carbocycles. The molecule has 2 aromatic rings. The average molecular weight is 253 g/mol. The van der Waals surface area contributed by atoms with Crippen molar-refractivity contribution in [3.05, 3.63) is 65.2 Å². The fourth-order valence-corrected chi connectivity index (χ4v) is 2.13. The van der Waals surface area contributed by atoms with Gasteiger partial charge in [-0.15, -0.1) is 0 Å². The van der Waals surface area contributed by atoms with Crippen LogP contribution in [0, 0.1) is 12.3 Å². The van der Waals surface area contributed by atoms with Gasteiger partial charge in [-0.25, -0.2) is 0 Å². The van der Waals surface area contributed by atoms with E-state index in [0.717, 1.165) is 17.7 Å². The van der Waals surface area contributed by atoms with Crippen molar-refractivity contribution in [2.75, 3.05) is 11.9 Å². The SMILES string of the molecule is Cc1cccc(N(C)Cc2ccccc2C(=N)N)c1. The van der Waals surface area contributed by atoms with E-state index in [9.17, 15) is 0 Å². The second-order valence-electron chi connectivity index (χ2n) is 4.77. The number of nitrogens with one attached hydrogen (secondary N) is 1. The van der Waals surface area contributed by atoms with Gasteiger partial charge in [-0.2, -0.15) is 0 Å². The van der Waals surface area contributed by atoms with Crippen molar-refractivity contribution in [1.82, 2.24) is 0 Å². The molecule has 0 spiro atoms. The van der Waals surface area contributed by atoms with Crippen LogP contribution >= 0.6 is 0 Å². The zero-order valence-electron chi connectivity index (χ0n) is 11.4. The van der Waals surface area contributed by atoms with Gasteiger partial charge in [-0.3, -0.25) is 5.41 Å². The van der Waals surface area contributed by atoms with E-state index in [-0.39, 0.29) is 5.84 Å². The van der Waals surface area contributed by atoms with E-state index >= 15 is 0 Å². The first-order chi connectivity index (χ1) is 9.08. The Bertz CT molecular complexity index is 590. The van der Waals surface area contributed by atoms with Gasteiger partial charge in [-0.05, 0) is 30.2 Å². The zero-order chi connectivity index (χ0) is 13.8. The molecular formula is C16H19N3. The minimum atomic E-state index is 0.119. The first-order valence-electron chi connectivity index (χ1n) is 6.28. The van der Waals surface area contributed by atoms with Crippen LogP contribution in [0.15, 0.2) is 48.5 Å². The highest BCUT2D eigenvalue weighted by atomic mass is 15.1. The van der Waals surface area contributed by atoms with Crippen LogP contribution in [-0.4, -0.2) is 12.9 Å². The van der Waals surface area contributed by atoms with Crippen LogP contribution in [0.2, 0.25) is 0 Å². The van der Waals surface area contributed by atoms with Crippen LogP contribution in [0.4, 0.5) is 5.69 Å². The summed E-state index contributed by atoms with van der Waals surface area (Å²) < 4.78 is 0. The monoisotopic (exact) mass is 253 g/mol. The molecule has 2 aromatic carbocycles. The Kier molecular flexibility index (Phi) is 3.85. The van der Waals surface area contributed by atoms with Crippen molar-refractivity contribution in [2.45, 2.75) is 13.5 Å². The van der Waals surface area contributed by atoms with E-state index in [1.165, 1.54) is 11.3 Å². The maximum absolute atomic E-state index is 7.62. The van der Waals surface area contributed by atoms with Crippen molar-refractivity contribution in [3.8, 4) is 0 Å². The summed E-state index contributed by atoms with van der Waals surface area (Å²) in [5.41, 5.74) is 9.90. The van der Waals surface area contributed by atoms with Crippen LogP contribution in [0.3, 0.4) is 0 Å². The molecule has 0 radical (unpaired) electrons. The number of nitrogen functional groups attached to an aromatic ring is 1. The van der Waals surface area contributed by atoms with E-state index < -0.39 is 0 Å². The highest BCUT2D eigenvalue weighted by molar-refractivity contribution is 5.96. The van der Waals surface area contributed by atoms with Gasteiger partial charge in [0.1, 0.15) is 5.84 Å². The quantitative estimate of drug-likeness (QED) is 0.650. The van der Waals surface area contributed by atoms with E-state index in [1.54, 1.807) is 0 Å². The fraction of sp³-hybridized carbons (Fsp3) is 0.188. The summed E-state index contributed by atoms with van der Waals surface area (Å²) in [6.45, 7) is 2.82. The molecular weight excluding hydrogens is 234 g/mol. The van der Waals surface area contributed by atoms with Crippen molar-refractivity contribution in [2.24, 2.45) is 5.73 Å². The summed E-state index contributed by atoms with van der Waals surface area (Å²) in [6, 6.07) is 16.2. The maximum atomic E-state index is 7.62. The van der Waals surface area contributed by atoms with Crippen molar-refractivity contribution >= 4 is 11.5 Å². The number of anilines is 1. The van der Waals surface area contributed by atoms with Crippen LogP contribution in [-0.2, 0) is 6.54 Å². The largest absolute Gasteiger partial charge is 0.384 e. The third-order valence-electron chi connectivity index (χ3n) is 3.16. The second kappa shape index (κ2) is 5.57. The Hall–Kier alpha value is -2.29. The maximum Gasteiger partial charge on any atom is 0.123 e. The molecule has 0 unspecified atom stereocenters. The van der Waals surface area contributed by atoms with Gasteiger partial charge >= 0.3 is 0 Å². The summed E-state index contributed by atoms with van der Waals surface area (Å²) in [5, 5.41) is 7.62. The van der Waals surface area contributed by atoms with Crippen LogP contribution in [0.5, 0.6) is 0 Å². The summed E-state index contributed by atoms with van der Waals surface area (Å²) >= 11 is 0. The third kappa shape index (κ3) is 3.13. The standard InChI is InChI=1S/C16H19N3/c1-12-6-5-8-14(10-12)19(2)11-13-7-3-4-9-15(13)16(17)18/h3-10H,11H2,1-2H3,(H3,17,18). The molecule has 3 heteroatoms. The molecule has 0 atom stereocenters. The van der Waals surface area contributed by atoms with Crippen LogP contribution < -0.4 is 10.6 Å². The van der Waals surface area contributed by atoms with Crippen molar-refractivity contribution < 1.29 is 0 Å². The lowest BCUT2D eigenvalue weighted by atomic mass is 10.1. The van der Waals surface area contributed by atoms with Gasteiger partial charge in [0.2, 0.25) is 0 Å². The first-order valence-corrected chi connectivity index (χ1v) is 6.28. The highest BCUT2D eigenvalue weighted by Crippen LogP contribution is 2.18. The number of hydrogen-bond donors (Lipinski definition) is 2. The average Bonchev–Trinajstić information content (AvgIpc) is 2.39. The Morgan fingerprint density at radius 1 is 1.16 bits per heavy atom. The molecule has 0 aliphatic heterocycles. The van der Waals surface area contributed by atoms with E-state index in [0.29, 0.717) is 0 Å². The summed E-state index contributed by atoms with van der Waals surface area (Å²) in [7, 11) is 2.05. The Labute approximate surface area is 114 Å². The number of benzene rings is 2. The molecule has 98 valence electrons. The van der Waals surface area contributed by atoms with Gasteiger partial charge in [0.25, 0.3) is 0 Å². The molecule has 2 rings (SSSR count). The van der Waals surface area contributed by atoms with Crippen LogP contribution in [0.1, 0.15) is 16.7 Å². The van der Waals surface area contributed by atoms with E-state index in [1.807, 2.05) is 31.3 Å². The molecule has 19 heavy (non-hydrogen) atoms. The lowest BCUT2D eigenvalue weighted by molar-refractivity contribution is 0.919. The molecule has 0 bridgehead atoms. The predicted octanol–water partition coefficient (Wildman–Crippen LogP) is 2.92. The lowest BCUT2D eigenvalue weighted by Crippen LogP contribution is -2.20. The molecule has 0 aromatic heterocycles.